The van der Waals surface area contributed by atoms with Crippen LogP contribution in [-0.2, 0) is 4.74 Å². The van der Waals surface area contributed by atoms with Crippen molar-refractivity contribution in [2.24, 2.45) is 0 Å². The molecule has 1 saturated heterocycles. The first-order valence-corrected chi connectivity index (χ1v) is 6.69. The Morgan fingerprint density at radius 1 is 1.20 bits per heavy atom. The van der Waals surface area contributed by atoms with Gasteiger partial charge in [0.05, 0.1) is 6.61 Å². The summed E-state index contributed by atoms with van der Waals surface area (Å²) in [5.74, 6) is 0.843. The number of hydrogen-bond acceptors (Lipinski definition) is 3. The summed E-state index contributed by atoms with van der Waals surface area (Å²) < 4.78 is 10.8. The lowest BCUT2D eigenvalue weighted by molar-refractivity contribution is 0.103. The molecule has 20 heavy (non-hydrogen) atoms. The van der Waals surface area contributed by atoms with Crippen molar-refractivity contribution in [2.45, 2.75) is 13.0 Å². The predicted octanol–water partition coefficient (Wildman–Crippen LogP) is 3.00. The van der Waals surface area contributed by atoms with Gasteiger partial charge in [-0.1, -0.05) is 30.3 Å². The van der Waals surface area contributed by atoms with E-state index in [4.69, 9.17) is 9.47 Å². The topological polar surface area (TPSA) is 38.8 Å². The van der Waals surface area contributed by atoms with Crippen LogP contribution in [0.4, 0.5) is 0 Å². The van der Waals surface area contributed by atoms with Gasteiger partial charge in [0.2, 0.25) is 0 Å². The highest BCUT2D eigenvalue weighted by molar-refractivity contribution is 6.09. The first kappa shape index (κ1) is 12.9. The predicted molar refractivity (Wildman–Crippen MR) is 76.3 cm³/mol. The molecule has 0 aliphatic carbocycles. The summed E-state index contributed by atoms with van der Waals surface area (Å²) in [6.45, 7) is 3.31. The van der Waals surface area contributed by atoms with Crippen molar-refractivity contribution in [3.8, 4) is 5.75 Å². The van der Waals surface area contributed by atoms with Gasteiger partial charge in [-0.2, -0.15) is 0 Å². The molecule has 1 aliphatic heterocycles. The molecule has 3 heteroatoms. The van der Waals surface area contributed by atoms with Crippen LogP contribution in [0, 0.1) is 6.92 Å². The Labute approximate surface area is 118 Å². The van der Waals surface area contributed by atoms with E-state index < -0.39 is 0 Å². The van der Waals surface area contributed by atoms with E-state index in [2.05, 4.69) is 0 Å². The van der Waals surface area contributed by atoms with Gasteiger partial charge in [-0.05, 0) is 30.7 Å². The van der Waals surface area contributed by atoms with Crippen LogP contribution in [-0.4, -0.2) is 25.1 Å². The van der Waals surface area contributed by atoms with Crippen LogP contribution < -0.4 is 4.74 Å². The SMILES string of the molecule is Cc1cc(C(=O)c2ccccc2)ccc1OCC1CO1. The van der Waals surface area contributed by atoms with Crippen molar-refractivity contribution >= 4 is 5.78 Å². The second-order valence-corrected chi connectivity index (χ2v) is 4.94. The maximum Gasteiger partial charge on any atom is 0.193 e. The number of ether oxygens (including phenoxy) is 2. The number of epoxide rings is 1. The largest absolute Gasteiger partial charge is 0.491 e. The van der Waals surface area contributed by atoms with E-state index in [1.165, 1.54) is 0 Å². The second kappa shape index (κ2) is 5.47. The van der Waals surface area contributed by atoms with E-state index in [0.717, 1.165) is 17.9 Å². The van der Waals surface area contributed by atoms with Crippen LogP contribution in [0.15, 0.2) is 48.5 Å². The first-order chi connectivity index (χ1) is 9.74. The minimum absolute atomic E-state index is 0.0331. The number of carbonyl (C=O) groups is 1. The van der Waals surface area contributed by atoms with Gasteiger partial charge >= 0.3 is 0 Å². The van der Waals surface area contributed by atoms with Crippen molar-refractivity contribution in [2.75, 3.05) is 13.2 Å². The molecule has 0 aromatic heterocycles. The average Bonchev–Trinajstić information content (AvgIpc) is 3.30. The third-order valence-corrected chi connectivity index (χ3v) is 3.30. The zero-order valence-corrected chi connectivity index (χ0v) is 11.3. The van der Waals surface area contributed by atoms with Gasteiger partial charge < -0.3 is 9.47 Å². The number of carbonyl (C=O) groups excluding carboxylic acids is 1. The monoisotopic (exact) mass is 268 g/mol. The van der Waals surface area contributed by atoms with Crippen molar-refractivity contribution in [3.05, 3.63) is 65.2 Å². The molecule has 3 nitrogen and oxygen atoms in total. The average molecular weight is 268 g/mol. The minimum atomic E-state index is 0.0331. The van der Waals surface area contributed by atoms with Crippen LogP contribution >= 0.6 is 0 Å². The molecule has 0 spiro atoms. The molecule has 0 N–H and O–H groups in total. The lowest BCUT2D eigenvalue weighted by Crippen LogP contribution is -2.06. The Balaban J connectivity index is 1.77. The molecular weight excluding hydrogens is 252 g/mol. The van der Waals surface area contributed by atoms with E-state index in [1.54, 1.807) is 0 Å². The molecule has 3 rings (SSSR count). The van der Waals surface area contributed by atoms with Crippen LogP contribution in [0.2, 0.25) is 0 Å². The zero-order valence-electron chi connectivity index (χ0n) is 11.3. The van der Waals surface area contributed by atoms with Crippen molar-refractivity contribution in [3.63, 3.8) is 0 Å². The minimum Gasteiger partial charge on any atom is -0.491 e. The molecule has 102 valence electrons. The highest BCUT2D eigenvalue weighted by atomic mass is 16.6. The molecule has 0 bridgehead atoms. The molecule has 0 amide bonds. The van der Waals surface area contributed by atoms with Gasteiger partial charge in [0, 0.05) is 11.1 Å². The van der Waals surface area contributed by atoms with Crippen molar-refractivity contribution in [1.82, 2.24) is 0 Å². The van der Waals surface area contributed by atoms with E-state index in [1.807, 2.05) is 55.5 Å². The molecular formula is C17H16O3. The van der Waals surface area contributed by atoms with E-state index in [-0.39, 0.29) is 11.9 Å². The summed E-state index contributed by atoms with van der Waals surface area (Å²) in [7, 11) is 0. The van der Waals surface area contributed by atoms with Crippen LogP contribution in [0.25, 0.3) is 0 Å². The van der Waals surface area contributed by atoms with Crippen LogP contribution in [0.3, 0.4) is 0 Å². The summed E-state index contributed by atoms with van der Waals surface area (Å²) in [6.07, 6.45) is 0.236. The Morgan fingerprint density at radius 2 is 1.95 bits per heavy atom. The highest BCUT2D eigenvalue weighted by Crippen LogP contribution is 2.22. The maximum atomic E-state index is 12.3. The molecule has 2 aromatic carbocycles. The third kappa shape index (κ3) is 2.89. The van der Waals surface area contributed by atoms with Crippen LogP contribution in [0.5, 0.6) is 5.75 Å². The van der Waals surface area contributed by atoms with Gasteiger partial charge in [-0.3, -0.25) is 4.79 Å². The third-order valence-electron chi connectivity index (χ3n) is 3.30. The van der Waals surface area contributed by atoms with Gasteiger partial charge in [-0.25, -0.2) is 0 Å². The molecule has 1 fully saturated rings. The number of rotatable bonds is 5. The lowest BCUT2D eigenvalue weighted by atomic mass is 10.0. The fourth-order valence-corrected chi connectivity index (χ4v) is 2.06. The lowest BCUT2D eigenvalue weighted by Gasteiger charge is -2.09. The van der Waals surface area contributed by atoms with Crippen molar-refractivity contribution in [1.29, 1.82) is 0 Å². The first-order valence-electron chi connectivity index (χ1n) is 6.69. The highest BCUT2D eigenvalue weighted by Gasteiger charge is 2.23. The summed E-state index contributed by atoms with van der Waals surface area (Å²) in [5, 5.41) is 0. The molecule has 1 aliphatic rings. The summed E-state index contributed by atoms with van der Waals surface area (Å²) in [6, 6.07) is 14.8. The number of hydrogen-bond donors (Lipinski definition) is 0. The fraction of sp³-hybridized carbons (Fsp3) is 0.235. The molecule has 0 saturated carbocycles. The van der Waals surface area contributed by atoms with Gasteiger partial charge in [0.25, 0.3) is 0 Å². The molecule has 1 unspecified atom stereocenters. The van der Waals surface area contributed by atoms with Gasteiger partial charge in [0.15, 0.2) is 5.78 Å². The maximum absolute atomic E-state index is 12.3. The van der Waals surface area contributed by atoms with Crippen molar-refractivity contribution < 1.29 is 14.3 Å². The molecule has 1 atom stereocenters. The second-order valence-electron chi connectivity index (χ2n) is 4.94. The van der Waals surface area contributed by atoms with Gasteiger partial charge in [-0.15, -0.1) is 0 Å². The van der Waals surface area contributed by atoms with E-state index in [9.17, 15) is 4.79 Å². The normalized spacial score (nSPS) is 16.8. The quantitative estimate of drug-likeness (QED) is 0.618. The standard InChI is InChI=1S/C17H16O3/c1-12-9-14(17(18)13-5-3-2-4-6-13)7-8-16(12)20-11-15-10-19-15/h2-9,15H,10-11H2,1H3. The number of benzene rings is 2. The smallest absolute Gasteiger partial charge is 0.193 e. The Morgan fingerprint density at radius 3 is 2.60 bits per heavy atom. The number of aryl methyl sites for hydroxylation is 1. The van der Waals surface area contributed by atoms with Crippen LogP contribution in [0.1, 0.15) is 21.5 Å². The molecule has 2 aromatic rings. The van der Waals surface area contributed by atoms with E-state index >= 15 is 0 Å². The van der Waals surface area contributed by atoms with E-state index in [0.29, 0.717) is 17.7 Å². The Hall–Kier alpha value is -2.13. The van der Waals surface area contributed by atoms with Gasteiger partial charge in [0.1, 0.15) is 18.5 Å². The summed E-state index contributed by atoms with van der Waals surface area (Å²) in [4.78, 5) is 12.3. The fourth-order valence-electron chi connectivity index (χ4n) is 2.06. The number of ketones is 1. The molecule has 1 heterocycles. The summed E-state index contributed by atoms with van der Waals surface area (Å²) in [5.41, 5.74) is 2.35. The Kier molecular flexibility index (Phi) is 3.52. The summed E-state index contributed by atoms with van der Waals surface area (Å²) >= 11 is 0. The zero-order chi connectivity index (χ0) is 13.9. The molecule has 0 radical (unpaired) electrons. The Bertz CT molecular complexity index is 615.